The summed E-state index contributed by atoms with van der Waals surface area (Å²) >= 11 is 0. The molecule has 0 fully saturated rings. The van der Waals surface area contributed by atoms with Crippen LogP contribution >= 0.6 is 0 Å². The molecule has 26 heavy (non-hydrogen) atoms. The van der Waals surface area contributed by atoms with E-state index >= 15 is 0 Å². The van der Waals surface area contributed by atoms with Crippen molar-refractivity contribution in [3.8, 4) is 11.5 Å². The topological polar surface area (TPSA) is 80.7 Å². The molecule has 0 saturated carbocycles. The Labute approximate surface area is 149 Å². The largest absolute Gasteiger partial charge is 0.478 e. The van der Waals surface area contributed by atoms with Crippen molar-refractivity contribution in [3.63, 3.8) is 0 Å². The Morgan fingerprint density at radius 1 is 0.615 bits per heavy atom. The molecule has 0 atom stereocenters. The van der Waals surface area contributed by atoms with Crippen molar-refractivity contribution < 1.29 is 24.2 Å². The van der Waals surface area contributed by atoms with Crippen molar-refractivity contribution in [1.29, 1.82) is 0 Å². The minimum absolute atomic E-state index is 0.0378. The maximum absolute atomic E-state index is 12.6. The van der Waals surface area contributed by atoms with Gasteiger partial charge in [-0.05, 0) is 24.3 Å². The maximum atomic E-state index is 12.6. The number of carbonyl (C=O) groups excluding carboxylic acids is 2. The molecule has 0 aliphatic carbocycles. The van der Waals surface area contributed by atoms with Gasteiger partial charge in [0, 0.05) is 5.56 Å². The first-order chi connectivity index (χ1) is 12.6. The third-order valence-electron chi connectivity index (χ3n) is 3.71. The van der Waals surface area contributed by atoms with Gasteiger partial charge in [0.1, 0.15) is 17.1 Å². The molecule has 0 aromatic heterocycles. The third kappa shape index (κ3) is 3.52. The summed E-state index contributed by atoms with van der Waals surface area (Å²) in [6.07, 6.45) is 0. The molecule has 0 amide bonds. The van der Waals surface area contributed by atoms with Gasteiger partial charge in [0.05, 0.1) is 5.56 Å². The lowest BCUT2D eigenvalue weighted by Gasteiger charge is -2.12. The first kappa shape index (κ1) is 17.1. The number of ether oxygens (including phenoxy) is 1. The third-order valence-corrected chi connectivity index (χ3v) is 3.71. The van der Waals surface area contributed by atoms with E-state index in [1.807, 2.05) is 0 Å². The Hall–Kier alpha value is -3.73. The Kier molecular flexibility index (Phi) is 4.90. The van der Waals surface area contributed by atoms with Crippen LogP contribution in [0.5, 0.6) is 11.5 Å². The number of rotatable bonds is 6. The predicted molar refractivity (Wildman–Crippen MR) is 95.0 cm³/mol. The molecule has 0 aliphatic rings. The van der Waals surface area contributed by atoms with E-state index in [-0.39, 0.29) is 28.2 Å². The van der Waals surface area contributed by atoms with Gasteiger partial charge in [0.15, 0.2) is 0 Å². The molecule has 1 N–H and O–H groups in total. The monoisotopic (exact) mass is 346 g/mol. The second kappa shape index (κ2) is 7.44. The molecule has 0 radical (unpaired) electrons. The van der Waals surface area contributed by atoms with E-state index in [0.717, 1.165) is 0 Å². The summed E-state index contributed by atoms with van der Waals surface area (Å²) in [5.74, 6) is -2.32. The van der Waals surface area contributed by atoms with E-state index in [9.17, 15) is 19.5 Å². The number of para-hydroxylation sites is 2. The zero-order valence-electron chi connectivity index (χ0n) is 13.6. The molecule has 0 aliphatic heterocycles. The van der Waals surface area contributed by atoms with E-state index in [2.05, 4.69) is 0 Å². The number of hydrogen-bond acceptors (Lipinski definition) is 4. The number of aromatic carboxylic acids is 1. The number of carboxylic acids is 1. The van der Waals surface area contributed by atoms with Crippen LogP contribution < -0.4 is 4.74 Å². The van der Waals surface area contributed by atoms with Crippen LogP contribution in [0, 0.1) is 0 Å². The van der Waals surface area contributed by atoms with Gasteiger partial charge in [0.2, 0.25) is 11.6 Å². The highest BCUT2D eigenvalue weighted by Gasteiger charge is 2.22. The van der Waals surface area contributed by atoms with Crippen LogP contribution in [-0.2, 0) is 0 Å². The summed E-state index contributed by atoms with van der Waals surface area (Å²) in [7, 11) is 0. The van der Waals surface area contributed by atoms with Gasteiger partial charge in [0.25, 0.3) is 0 Å². The van der Waals surface area contributed by atoms with E-state index in [1.165, 1.54) is 24.3 Å². The molecule has 5 heteroatoms. The smallest absolute Gasteiger partial charge is 0.339 e. The molecule has 0 saturated heterocycles. The highest BCUT2D eigenvalue weighted by Crippen LogP contribution is 2.29. The van der Waals surface area contributed by atoms with Crippen LogP contribution in [-0.4, -0.2) is 22.6 Å². The number of benzene rings is 3. The molecule has 3 rings (SSSR count). The molecule has 3 aromatic carbocycles. The van der Waals surface area contributed by atoms with Crippen molar-refractivity contribution in [1.82, 2.24) is 0 Å². The zero-order chi connectivity index (χ0) is 18.5. The molecule has 0 spiro atoms. The SMILES string of the molecule is O=C(C(=O)c1ccccc1Oc1ccccc1C(=O)O)c1ccccc1. The lowest BCUT2D eigenvalue weighted by Crippen LogP contribution is -2.15. The first-order valence-electron chi connectivity index (χ1n) is 7.81. The molecule has 0 bridgehead atoms. The number of Topliss-reactive ketones (excluding diaryl/α,β-unsaturated/α-hetero) is 2. The van der Waals surface area contributed by atoms with Gasteiger partial charge < -0.3 is 9.84 Å². The fourth-order valence-corrected chi connectivity index (χ4v) is 2.44. The fourth-order valence-electron chi connectivity index (χ4n) is 2.44. The Bertz CT molecular complexity index is 976. The van der Waals surface area contributed by atoms with Crippen molar-refractivity contribution >= 4 is 17.5 Å². The lowest BCUT2D eigenvalue weighted by atomic mass is 10.0. The number of hydrogen-bond donors (Lipinski definition) is 1. The van der Waals surface area contributed by atoms with E-state index in [4.69, 9.17) is 4.74 Å². The zero-order valence-corrected chi connectivity index (χ0v) is 13.6. The maximum Gasteiger partial charge on any atom is 0.339 e. The average molecular weight is 346 g/mol. The molecule has 5 nitrogen and oxygen atoms in total. The molecule has 0 unspecified atom stereocenters. The Balaban J connectivity index is 1.96. The molecular formula is C21H14O5. The van der Waals surface area contributed by atoms with Crippen LogP contribution in [0.3, 0.4) is 0 Å². The summed E-state index contributed by atoms with van der Waals surface area (Å²) in [4.78, 5) is 36.4. The highest BCUT2D eigenvalue weighted by molar-refractivity contribution is 6.49. The van der Waals surface area contributed by atoms with E-state index in [0.29, 0.717) is 0 Å². The standard InChI is InChI=1S/C21H14O5/c22-19(14-8-2-1-3-9-14)20(23)15-10-4-6-12-17(15)26-18-13-7-5-11-16(18)21(24)25/h1-13H,(H,24,25). The summed E-state index contributed by atoms with van der Waals surface area (Å²) in [5.41, 5.74) is 0.309. The van der Waals surface area contributed by atoms with Crippen molar-refractivity contribution in [3.05, 3.63) is 95.6 Å². The van der Waals surface area contributed by atoms with Crippen LogP contribution in [0.2, 0.25) is 0 Å². The second-order valence-electron chi connectivity index (χ2n) is 5.42. The first-order valence-corrected chi connectivity index (χ1v) is 7.81. The Morgan fingerprint density at radius 2 is 1.12 bits per heavy atom. The van der Waals surface area contributed by atoms with Crippen molar-refractivity contribution in [2.75, 3.05) is 0 Å². The average Bonchev–Trinajstić information content (AvgIpc) is 2.68. The van der Waals surface area contributed by atoms with Crippen LogP contribution in [0.4, 0.5) is 0 Å². The minimum Gasteiger partial charge on any atom is -0.478 e. The van der Waals surface area contributed by atoms with Crippen LogP contribution in [0.15, 0.2) is 78.9 Å². The Morgan fingerprint density at radius 3 is 1.73 bits per heavy atom. The lowest BCUT2D eigenvalue weighted by molar-refractivity contribution is 0.0694. The minimum atomic E-state index is -1.15. The summed E-state index contributed by atoms with van der Waals surface area (Å²) < 4.78 is 5.66. The van der Waals surface area contributed by atoms with Gasteiger partial charge in [-0.3, -0.25) is 9.59 Å². The number of carbonyl (C=O) groups is 3. The number of ketones is 2. The quantitative estimate of drug-likeness (QED) is 0.533. The molecule has 128 valence electrons. The van der Waals surface area contributed by atoms with E-state index < -0.39 is 17.5 Å². The van der Waals surface area contributed by atoms with E-state index in [1.54, 1.807) is 54.6 Å². The van der Waals surface area contributed by atoms with Gasteiger partial charge in [-0.1, -0.05) is 54.6 Å². The predicted octanol–water partition coefficient (Wildman–Crippen LogP) is 4.24. The van der Waals surface area contributed by atoms with Gasteiger partial charge >= 0.3 is 5.97 Å². The summed E-state index contributed by atoms with van der Waals surface area (Å²) in [5, 5.41) is 9.26. The fraction of sp³-hybridized carbons (Fsp3) is 0. The highest BCUT2D eigenvalue weighted by atomic mass is 16.5. The number of carboxylic acid groups (broad SMARTS) is 1. The molecular weight excluding hydrogens is 332 g/mol. The van der Waals surface area contributed by atoms with Crippen molar-refractivity contribution in [2.24, 2.45) is 0 Å². The van der Waals surface area contributed by atoms with Crippen LogP contribution in [0.1, 0.15) is 31.1 Å². The summed E-state index contributed by atoms with van der Waals surface area (Å²) in [6, 6.07) is 20.6. The molecule has 3 aromatic rings. The van der Waals surface area contributed by atoms with Gasteiger partial charge in [-0.15, -0.1) is 0 Å². The van der Waals surface area contributed by atoms with Gasteiger partial charge in [-0.2, -0.15) is 0 Å². The van der Waals surface area contributed by atoms with Crippen molar-refractivity contribution in [2.45, 2.75) is 0 Å². The normalized spacial score (nSPS) is 10.2. The second-order valence-corrected chi connectivity index (χ2v) is 5.42. The van der Waals surface area contributed by atoms with Gasteiger partial charge in [-0.25, -0.2) is 4.79 Å². The van der Waals surface area contributed by atoms with Crippen LogP contribution in [0.25, 0.3) is 0 Å². The summed E-state index contributed by atoms with van der Waals surface area (Å²) in [6.45, 7) is 0. The molecule has 0 heterocycles.